The fourth-order valence-electron chi connectivity index (χ4n) is 2.81. The van der Waals surface area contributed by atoms with Gasteiger partial charge in [-0.1, -0.05) is 52.4 Å². The van der Waals surface area contributed by atoms with Crippen molar-refractivity contribution in [3.63, 3.8) is 0 Å². The highest BCUT2D eigenvalue weighted by molar-refractivity contribution is 5.55. The third kappa shape index (κ3) is 7.25. The minimum atomic E-state index is 0.784. The monoisotopic (exact) mass is 340 g/mol. The Kier molecular flexibility index (Phi) is 9.03. The Balaban J connectivity index is 1.80. The van der Waals surface area contributed by atoms with Gasteiger partial charge in [0.15, 0.2) is 5.82 Å². The lowest BCUT2D eigenvalue weighted by Gasteiger charge is -2.07. The van der Waals surface area contributed by atoms with Gasteiger partial charge in [-0.15, -0.1) is 0 Å². The summed E-state index contributed by atoms with van der Waals surface area (Å²) in [6, 6.07) is 8.10. The van der Waals surface area contributed by atoms with Crippen LogP contribution in [-0.4, -0.2) is 16.6 Å². The molecule has 0 aliphatic heterocycles. The predicted octanol–water partition coefficient (Wildman–Crippen LogP) is 6.23. The summed E-state index contributed by atoms with van der Waals surface area (Å²) in [7, 11) is 0. The van der Waals surface area contributed by atoms with Crippen molar-refractivity contribution in [3.05, 3.63) is 42.2 Å². The van der Waals surface area contributed by atoms with E-state index < -0.39 is 0 Å². The van der Waals surface area contributed by atoms with Gasteiger partial charge in [0, 0.05) is 18.0 Å². The van der Waals surface area contributed by atoms with Gasteiger partial charge in [0.05, 0.1) is 6.61 Å². The van der Waals surface area contributed by atoms with E-state index in [2.05, 4.69) is 23.8 Å². The SMILES string of the molecule is CCCCCCOc1ccc(-c2ncc(CCCCCC)cn2)cc1. The molecule has 1 aromatic heterocycles. The van der Waals surface area contributed by atoms with Crippen molar-refractivity contribution < 1.29 is 4.74 Å². The zero-order chi connectivity index (χ0) is 17.7. The second-order valence-corrected chi connectivity index (χ2v) is 6.66. The Hall–Kier alpha value is -1.90. The molecular weight excluding hydrogens is 308 g/mol. The Morgan fingerprint density at radius 3 is 2.04 bits per heavy atom. The van der Waals surface area contributed by atoms with Crippen LogP contribution in [-0.2, 0) is 6.42 Å². The molecular formula is C22H32N2O. The molecule has 0 aliphatic carbocycles. The Bertz CT molecular complexity index is 578. The molecule has 0 aliphatic rings. The zero-order valence-electron chi connectivity index (χ0n) is 15.8. The van der Waals surface area contributed by atoms with E-state index in [1.54, 1.807) is 0 Å². The number of hydrogen-bond donors (Lipinski definition) is 0. The van der Waals surface area contributed by atoms with Gasteiger partial charge < -0.3 is 4.74 Å². The van der Waals surface area contributed by atoms with Crippen LogP contribution in [0, 0.1) is 0 Å². The minimum absolute atomic E-state index is 0.784. The molecule has 0 N–H and O–H groups in total. The minimum Gasteiger partial charge on any atom is -0.494 e. The fourth-order valence-corrected chi connectivity index (χ4v) is 2.81. The maximum absolute atomic E-state index is 5.79. The highest BCUT2D eigenvalue weighted by Crippen LogP contribution is 2.20. The molecule has 0 atom stereocenters. The van der Waals surface area contributed by atoms with Crippen molar-refractivity contribution in [2.24, 2.45) is 0 Å². The van der Waals surface area contributed by atoms with E-state index in [1.165, 1.54) is 50.5 Å². The van der Waals surface area contributed by atoms with Crippen LogP contribution in [0.25, 0.3) is 11.4 Å². The number of nitrogens with zero attached hydrogens (tertiary/aromatic N) is 2. The van der Waals surface area contributed by atoms with E-state index in [9.17, 15) is 0 Å². The number of ether oxygens (including phenoxy) is 1. The van der Waals surface area contributed by atoms with E-state index in [4.69, 9.17) is 4.74 Å². The first-order valence-corrected chi connectivity index (χ1v) is 9.87. The number of hydrogen-bond acceptors (Lipinski definition) is 3. The summed E-state index contributed by atoms with van der Waals surface area (Å²) in [4.78, 5) is 9.04. The topological polar surface area (TPSA) is 35.0 Å². The summed E-state index contributed by atoms with van der Waals surface area (Å²) in [6.45, 7) is 5.25. The van der Waals surface area contributed by atoms with Crippen molar-refractivity contribution in [2.75, 3.05) is 6.61 Å². The Morgan fingerprint density at radius 2 is 1.40 bits per heavy atom. The molecule has 0 radical (unpaired) electrons. The number of benzene rings is 1. The predicted molar refractivity (Wildman–Crippen MR) is 105 cm³/mol. The van der Waals surface area contributed by atoms with Gasteiger partial charge in [-0.2, -0.15) is 0 Å². The second kappa shape index (κ2) is 11.6. The molecule has 136 valence electrons. The molecule has 3 nitrogen and oxygen atoms in total. The summed E-state index contributed by atoms with van der Waals surface area (Å²) in [5, 5.41) is 0. The standard InChI is InChI=1S/C22H32N2O/c1-3-5-7-9-11-19-17-23-22(24-18-19)20-12-14-21(15-13-20)25-16-10-8-6-4-2/h12-15,17-18H,3-11,16H2,1-2H3. The van der Waals surface area contributed by atoms with Gasteiger partial charge in [0.2, 0.25) is 0 Å². The maximum atomic E-state index is 5.79. The van der Waals surface area contributed by atoms with Gasteiger partial charge in [0.25, 0.3) is 0 Å². The van der Waals surface area contributed by atoms with Gasteiger partial charge in [-0.05, 0) is 49.1 Å². The van der Waals surface area contributed by atoms with Crippen LogP contribution in [0.4, 0.5) is 0 Å². The number of aryl methyl sites for hydroxylation is 1. The average molecular weight is 341 g/mol. The Morgan fingerprint density at radius 1 is 0.760 bits per heavy atom. The first-order chi connectivity index (χ1) is 12.3. The summed E-state index contributed by atoms with van der Waals surface area (Å²) >= 11 is 0. The fraction of sp³-hybridized carbons (Fsp3) is 0.545. The molecule has 1 heterocycles. The first-order valence-electron chi connectivity index (χ1n) is 9.87. The third-order valence-electron chi connectivity index (χ3n) is 4.40. The lowest BCUT2D eigenvalue weighted by Crippen LogP contribution is -1.97. The quantitative estimate of drug-likeness (QED) is 0.430. The molecule has 0 saturated heterocycles. The molecule has 0 bridgehead atoms. The molecule has 0 amide bonds. The largest absolute Gasteiger partial charge is 0.494 e. The summed E-state index contributed by atoms with van der Waals surface area (Å²) in [5.74, 6) is 1.71. The smallest absolute Gasteiger partial charge is 0.159 e. The molecule has 0 unspecified atom stereocenters. The molecule has 0 spiro atoms. The average Bonchev–Trinajstić information content (AvgIpc) is 2.66. The highest BCUT2D eigenvalue weighted by Gasteiger charge is 2.03. The van der Waals surface area contributed by atoms with E-state index in [0.717, 1.165) is 36.6 Å². The number of unbranched alkanes of at least 4 members (excludes halogenated alkanes) is 6. The lowest BCUT2D eigenvalue weighted by atomic mass is 10.1. The summed E-state index contributed by atoms with van der Waals surface area (Å²) in [5.41, 5.74) is 2.27. The van der Waals surface area contributed by atoms with Crippen LogP contribution in [0.5, 0.6) is 5.75 Å². The number of rotatable bonds is 12. The second-order valence-electron chi connectivity index (χ2n) is 6.66. The van der Waals surface area contributed by atoms with Gasteiger partial charge in [-0.25, -0.2) is 9.97 Å². The molecule has 2 rings (SSSR count). The summed E-state index contributed by atoms with van der Waals surface area (Å²) in [6.07, 6.45) is 15.0. The van der Waals surface area contributed by atoms with Crippen LogP contribution in [0.1, 0.15) is 70.8 Å². The van der Waals surface area contributed by atoms with Crippen molar-refractivity contribution in [2.45, 2.75) is 71.6 Å². The van der Waals surface area contributed by atoms with Crippen molar-refractivity contribution in [1.82, 2.24) is 9.97 Å². The molecule has 25 heavy (non-hydrogen) atoms. The van der Waals surface area contributed by atoms with Crippen molar-refractivity contribution >= 4 is 0 Å². The molecule has 0 fully saturated rings. The normalized spacial score (nSPS) is 10.8. The summed E-state index contributed by atoms with van der Waals surface area (Å²) < 4.78 is 5.79. The highest BCUT2D eigenvalue weighted by atomic mass is 16.5. The van der Waals surface area contributed by atoms with Gasteiger partial charge in [0.1, 0.15) is 5.75 Å². The van der Waals surface area contributed by atoms with Crippen molar-refractivity contribution in [3.8, 4) is 17.1 Å². The van der Waals surface area contributed by atoms with Crippen LogP contribution < -0.4 is 4.74 Å². The zero-order valence-corrected chi connectivity index (χ0v) is 15.8. The van der Waals surface area contributed by atoms with Crippen molar-refractivity contribution in [1.29, 1.82) is 0 Å². The van der Waals surface area contributed by atoms with E-state index >= 15 is 0 Å². The van der Waals surface area contributed by atoms with E-state index in [-0.39, 0.29) is 0 Å². The first kappa shape index (κ1) is 19.4. The van der Waals surface area contributed by atoms with E-state index in [0.29, 0.717) is 0 Å². The maximum Gasteiger partial charge on any atom is 0.159 e. The van der Waals surface area contributed by atoms with Crippen LogP contribution in [0.3, 0.4) is 0 Å². The Labute approximate surface area is 152 Å². The molecule has 1 aromatic carbocycles. The lowest BCUT2D eigenvalue weighted by molar-refractivity contribution is 0.305. The molecule has 0 saturated carbocycles. The van der Waals surface area contributed by atoms with E-state index in [1.807, 2.05) is 36.7 Å². The molecule has 2 aromatic rings. The van der Waals surface area contributed by atoms with Crippen LogP contribution in [0.2, 0.25) is 0 Å². The number of aromatic nitrogens is 2. The van der Waals surface area contributed by atoms with Gasteiger partial charge >= 0.3 is 0 Å². The van der Waals surface area contributed by atoms with Crippen LogP contribution >= 0.6 is 0 Å². The third-order valence-corrected chi connectivity index (χ3v) is 4.40. The van der Waals surface area contributed by atoms with Crippen LogP contribution in [0.15, 0.2) is 36.7 Å². The molecule has 3 heteroatoms. The van der Waals surface area contributed by atoms with Gasteiger partial charge in [-0.3, -0.25) is 0 Å².